The minimum absolute atomic E-state index is 0.477. The van der Waals surface area contributed by atoms with Crippen LogP contribution in [0.25, 0.3) is 44.3 Å². The highest BCUT2D eigenvalue weighted by atomic mass is 16.5. The summed E-state index contributed by atoms with van der Waals surface area (Å²) in [6.45, 7) is 0. The van der Waals surface area contributed by atoms with Crippen molar-refractivity contribution in [2.24, 2.45) is 0 Å². The van der Waals surface area contributed by atoms with Crippen LogP contribution in [-0.4, -0.2) is 4.98 Å². The lowest BCUT2D eigenvalue weighted by molar-refractivity contribution is 0.438. The first-order valence-electron chi connectivity index (χ1n) is 14.4. The number of nitrogens with zero attached hydrogens (tertiary/aromatic N) is 1. The molecule has 0 amide bonds. The van der Waals surface area contributed by atoms with E-state index >= 15 is 0 Å². The molecule has 6 aromatic carbocycles. The third kappa shape index (κ3) is 3.07. The molecule has 1 aliphatic carbocycles. The molecule has 7 aromatic rings. The number of aromatic nitrogens is 1. The zero-order valence-corrected chi connectivity index (χ0v) is 22.8. The molecule has 0 bridgehead atoms. The lowest BCUT2D eigenvalue weighted by atomic mass is 9.65. The van der Waals surface area contributed by atoms with Crippen LogP contribution in [0.2, 0.25) is 0 Å². The summed E-state index contributed by atoms with van der Waals surface area (Å²) in [4.78, 5) is 4.81. The van der Waals surface area contributed by atoms with Gasteiger partial charge in [-0.2, -0.15) is 0 Å². The second-order valence-corrected chi connectivity index (χ2v) is 11.1. The van der Waals surface area contributed by atoms with Gasteiger partial charge in [-0.05, 0) is 45.3 Å². The van der Waals surface area contributed by atoms with E-state index in [1.54, 1.807) is 0 Å². The van der Waals surface area contributed by atoms with Crippen LogP contribution in [0.4, 0.5) is 0 Å². The van der Waals surface area contributed by atoms with Crippen molar-refractivity contribution in [2.75, 3.05) is 0 Å². The molecule has 42 heavy (non-hydrogen) atoms. The summed E-state index contributed by atoms with van der Waals surface area (Å²) >= 11 is 0. The molecule has 0 atom stereocenters. The van der Waals surface area contributed by atoms with Crippen molar-refractivity contribution in [3.8, 4) is 45.0 Å². The van der Waals surface area contributed by atoms with E-state index < -0.39 is 5.41 Å². The van der Waals surface area contributed by atoms with Gasteiger partial charge in [0, 0.05) is 33.8 Å². The fourth-order valence-electron chi connectivity index (χ4n) is 7.26. The first kappa shape index (κ1) is 23.3. The quantitative estimate of drug-likeness (QED) is 0.220. The maximum atomic E-state index is 6.93. The number of rotatable bonds is 2. The van der Waals surface area contributed by atoms with Crippen LogP contribution in [0.15, 0.2) is 152 Å². The molecule has 0 radical (unpaired) electrons. The summed E-state index contributed by atoms with van der Waals surface area (Å²) in [6.07, 6.45) is 1.98. The largest absolute Gasteiger partial charge is 0.456 e. The molecule has 2 heterocycles. The average molecular weight is 536 g/mol. The second-order valence-electron chi connectivity index (χ2n) is 11.1. The Bertz CT molecular complexity index is 2130. The van der Waals surface area contributed by atoms with Gasteiger partial charge >= 0.3 is 0 Å². The number of pyridine rings is 1. The maximum absolute atomic E-state index is 6.93. The molecule has 1 aromatic heterocycles. The highest BCUT2D eigenvalue weighted by Gasteiger charge is 2.51. The van der Waals surface area contributed by atoms with E-state index in [0.717, 1.165) is 44.7 Å². The van der Waals surface area contributed by atoms with Crippen molar-refractivity contribution in [3.63, 3.8) is 0 Å². The zero-order valence-electron chi connectivity index (χ0n) is 22.8. The van der Waals surface area contributed by atoms with Gasteiger partial charge in [-0.15, -0.1) is 0 Å². The van der Waals surface area contributed by atoms with E-state index in [-0.39, 0.29) is 0 Å². The molecule has 1 aliphatic heterocycles. The number of ether oxygens (including phenoxy) is 1. The van der Waals surface area contributed by atoms with Gasteiger partial charge in [0.05, 0.1) is 11.1 Å². The fourth-order valence-corrected chi connectivity index (χ4v) is 7.26. The van der Waals surface area contributed by atoms with Crippen LogP contribution < -0.4 is 4.74 Å². The van der Waals surface area contributed by atoms with Gasteiger partial charge in [0.1, 0.15) is 11.5 Å². The van der Waals surface area contributed by atoms with Gasteiger partial charge in [-0.25, -0.2) is 0 Å². The normalized spacial score (nSPS) is 13.6. The number of benzene rings is 6. The highest BCUT2D eigenvalue weighted by Crippen LogP contribution is 2.63. The molecule has 196 valence electrons. The Kier molecular flexibility index (Phi) is 4.85. The Labute approximate surface area is 244 Å². The van der Waals surface area contributed by atoms with Crippen molar-refractivity contribution in [3.05, 3.63) is 174 Å². The summed E-state index contributed by atoms with van der Waals surface area (Å²) in [6, 6.07) is 52.0. The molecule has 2 aliphatic rings. The van der Waals surface area contributed by atoms with Crippen molar-refractivity contribution in [1.82, 2.24) is 4.98 Å². The molecule has 0 fully saturated rings. The van der Waals surface area contributed by atoms with E-state index in [1.165, 1.54) is 33.4 Å². The molecular formula is C40H25NO. The molecule has 0 unspecified atom stereocenters. The smallest absolute Gasteiger partial charge is 0.140 e. The minimum atomic E-state index is -0.477. The van der Waals surface area contributed by atoms with Crippen LogP contribution in [0, 0.1) is 0 Å². The summed E-state index contributed by atoms with van der Waals surface area (Å²) in [7, 11) is 0. The van der Waals surface area contributed by atoms with E-state index in [9.17, 15) is 0 Å². The van der Waals surface area contributed by atoms with E-state index in [0.29, 0.717) is 0 Å². The Morgan fingerprint density at radius 3 is 1.86 bits per heavy atom. The molecule has 2 heteroatoms. The second kappa shape index (κ2) is 8.76. The van der Waals surface area contributed by atoms with Crippen LogP contribution in [-0.2, 0) is 5.41 Å². The van der Waals surface area contributed by atoms with Gasteiger partial charge in [-0.3, -0.25) is 4.98 Å². The summed E-state index contributed by atoms with van der Waals surface area (Å²) in [5.41, 5.74) is 11.3. The summed E-state index contributed by atoms with van der Waals surface area (Å²) in [5.74, 6) is 1.81. The Morgan fingerprint density at radius 1 is 0.476 bits per heavy atom. The zero-order chi connectivity index (χ0) is 27.7. The van der Waals surface area contributed by atoms with Crippen molar-refractivity contribution < 1.29 is 4.74 Å². The molecule has 9 rings (SSSR count). The lowest BCUT2D eigenvalue weighted by Gasteiger charge is -2.40. The van der Waals surface area contributed by atoms with E-state index in [1.807, 2.05) is 12.3 Å². The van der Waals surface area contributed by atoms with Gasteiger partial charge in [0.15, 0.2) is 0 Å². The predicted octanol–water partition coefficient (Wildman–Crippen LogP) is 10.0. The van der Waals surface area contributed by atoms with Crippen molar-refractivity contribution in [2.45, 2.75) is 5.41 Å². The molecular weight excluding hydrogens is 510 g/mol. The summed E-state index contributed by atoms with van der Waals surface area (Å²) < 4.78 is 6.93. The average Bonchev–Trinajstić information content (AvgIpc) is 3.35. The minimum Gasteiger partial charge on any atom is -0.456 e. The maximum Gasteiger partial charge on any atom is 0.140 e. The third-order valence-corrected chi connectivity index (χ3v) is 9.00. The lowest BCUT2D eigenvalue weighted by Crippen LogP contribution is -2.32. The molecule has 0 saturated heterocycles. The predicted molar refractivity (Wildman–Crippen MR) is 170 cm³/mol. The van der Waals surface area contributed by atoms with Gasteiger partial charge in [-0.1, -0.05) is 133 Å². The van der Waals surface area contributed by atoms with Gasteiger partial charge in [0.2, 0.25) is 0 Å². The van der Waals surface area contributed by atoms with Gasteiger partial charge in [0.25, 0.3) is 0 Å². The number of para-hydroxylation sites is 2. The standard InChI is InChI=1S/C40H25NO/c1-2-12-26(13-3-1)37-24-32-27(25-41-37)14-10-17-28(32)31-18-11-22-36-39(31)42-38-23-9-8-21-35(38)40(36)33-19-6-4-15-29(33)30-16-5-7-20-34(30)40/h1-25H. The molecule has 0 saturated carbocycles. The first-order valence-corrected chi connectivity index (χ1v) is 14.4. The van der Waals surface area contributed by atoms with E-state index in [2.05, 4.69) is 140 Å². The monoisotopic (exact) mass is 535 g/mol. The third-order valence-electron chi connectivity index (χ3n) is 9.00. The first-order chi connectivity index (χ1) is 20.8. The Morgan fingerprint density at radius 2 is 1.07 bits per heavy atom. The Balaban J connectivity index is 1.37. The number of fused-ring (bicyclic) bond motifs is 10. The summed E-state index contributed by atoms with van der Waals surface area (Å²) in [5, 5.41) is 2.26. The Hall–Kier alpha value is -5.47. The van der Waals surface area contributed by atoms with Crippen LogP contribution in [0.5, 0.6) is 11.5 Å². The number of hydrogen-bond acceptors (Lipinski definition) is 2. The molecule has 2 nitrogen and oxygen atoms in total. The van der Waals surface area contributed by atoms with Crippen molar-refractivity contribution >= 4 is 10.8 Å². The molecule has 0 N–H and O–H groups in total. The van der Waals surface area contributed by atoms with Gasteiger partial charge < -0.3 is 4.74 Å². The highest BCUT2D eigenvalue weighted by molar-refractivity contribution is 6.00. The van der Waals surface area contributed by atoms with Crippen LogP contribution >= 0.6 is 0 Å². The molecule has 1 spiro atoms. The SMILES string of the molecule is c1ccc(-c2cc3c(-c4cccc5c4Oc4ccccc4C54c5ccccc5-c5ccccc54)cccc3cn2)cc1. The fraction of sp³-hybridized carbons (Fsp3) is 0.0250. The topological polar surface area (TPSA) is 22.1 Å². The van der Waals surface area contributed by atoms with Crippen LogP contribution in [0.3, 0.4) is 0 Å². The van der Waals surface area contributed by atoms with E-state index in [4.69, 9.17) is 9.72 Å². The number of hydrogen-bond donors (Lipinski definition) is 0. The van der Waals surface area contributed by atoms with Crippen molar-refractivity contribution in [1.29, 1.82) is 0 Å². The van der Waals surface area contributed by atoms with Crippen LogP contribution in [0.1, 0.15) is 22.3 Å².